The lowest BCUT2D eigenvalue weighted by Gasteiger charge is -2.30. The van der Waals surface area contributed by atoms with Crippen molar-refractivity contribution in [1.82, 2.24) is 0 Å². The minimum Gasteiger partial charge on any atom is -0.469 e. The number of hydrogen-bond acceptors (Lipinski definition) is 2. The van der Waals surface area contributed by atoms with Gasteiger partial charge in [0, 0.05) is 0 Å². The predicted molar refractivity (Wildman–Crippen MR) is 68.2 cm³/mol. The Labute approximate surface area is 100 Å². The molecule has 0 heterocycles. The molecule has 0 fully saturated rings. The summed E-state index contributed by atoms with van der Waals surface area (Å²) in [6, 6.07) is 0. The zero-order valence-corrected chi connectivity index (χ0v) is 11.6. The lowest BCUT2D eigenvalue weighted by molar-refractivity contribution is -0.152. The van der Waals surface area contributed by atoms with Crippen LogP contribution in [0.15, 0.2) is 12.2 Å². The van der Waals surface area contributed by atoms with Crippen molar-refractivity contribution in [2.24, 2.45) is 10.8 Å². The highest BCUT2D eigenvalue weighted by molar-refractivity contribution is 5.75. The van der Waals surface area contributed by atoms with E-state index in [0.29, 0.717) is 0 Å². The molecule has 0 aliphatic rings. The van der Waals surface area contributed by atoms with Gasteiger partial charge in [-0.15, -0.1) is 0 Å². The second kappa shape index (κ2) is 6.07. The molecule has 0 rings (SSSR count). The molecule has 0 radical (unpaired) electrons. The maximum atomic E-state index is 11.6. The predicted octanol–water partition coefficient (Wildman–Crippen LogP) is 3.96. The van der Waals surface area contributed by atoms with Crippen LogP contribution in [-0.2, 0) is 9.53 Å². The average molecular weight is 226 g/mol. The van der Waals surface area contributed by atoms with E-state index < -0.39 is 5.41 Å². The maximum absolute atomic E-state index is 11.6. The quantitative estimate of drug-likeness (QED) is 0.506. The summed E-state index contributed by atoms with van der Waals surface area (Å²) in [5, 5.41) is 0. The second-order valence-electron chi connectivity index (χ2n) is 5.73. The van der Waals surface area contributed by atoms with Gasteiger partial charge in [0.2, 0.25) is 0 Å². The molecule has 0 aliphatic heterocycles. The minimum absolute atomic E-state index is 0.0346. The number of esters is 1. The fourth-order valence-corrected chi connectivity index (χ4v) is 2.12. The van der Waals surface area contributed by atoms with Crippen molar-refractivity contribution < 1.29 is 9.53 Å². The van der Waals surface area contributed by atoms with E-state index in [2.05, 4.69) is 32.9 Å². The highest BCUT2D eigenvalue weighted by atomic mass is 16.5. The van der Waals surface area contributed by atoms with Crippen molar-refractivity contribution in [2.45, 2.75) is 53.9 Å². The van der Waals surface area contributed by atoms with Gasteiger partial charge in [-0.2, -0.15) is 0 Å². The summed E-state index contributed by atoms with van der Waals surface area (Å²) >= 11 is 0. The van der Waals surface area contributed by atoms with E-state index >= 15 is 0 Å². The topological polar surface area (TPSA) is 26.3 Å². The number of unbranched alkanes of at least 4 members (excludes halogenated alkanes) is 1. The van der Waals surface area contributed by atoms with Crippen molar-refractivity contribution in [3.8, 4) is 0 Å². The van der Waals surface area contributed by atoms with E-state index in [1.165, 1.54) is 7.11 Å². The molecule has 0 bridgehead atoms. The van der Waals surface area contributed by atoms with Crippen LogP contribution in [0.2, 0.25) is 0 Å². The molecule has 2 nitrogen and oxygen atoms in total. The van der Waals surface area contributed by atoms with Crippen LogP contribution in [0.1, 0.15) is 53.9 Å². The smallest absolute Gasteiger partial charge is 0.311 e. The van der Waals surface area contributed by atoms with Crippen molar-refractivity contribution >= 4 is 5.97 Å². The van der Waals surface area contributed by atoms with Gasteiger partial charge < -0.3 is 4.74 Å². The summed E-state index contributed by atoms with van der Waals surface area (Å²) in [5.41, 5.74) is -0.387. The van der Waals surface area contributed by atoms with Gasteiger partial charge in [0.25, 0.3) is 0 Å². The highest BCUT2D eigenvalue weighted by Gasteiger charge is 2.34. The van der Waals surface area contributed by atoms with Gasteiger partial charge in [0.05, 0.1) is 12.5 Å². The molecule has 0 spiro atoms. The van der Waals surface area contributed by atoms with Gasteiger partial charge in [-0.05, 0) is 32.1 Å². The standard InChI is InChI=1S/C14H26O2/c1-7-8-9-10-13(2,3)11-14(4,5)12(15)16-6/h9-10H,7-8,11H2,1-6H3/b10-9+. The zero-order chi connectivity index (χ0) is 12.8. The first-order valence-corrected chi connectivity index (χ1v) is 6.01. The van der Waals surface area contributed by atoms with E-state index in [0.717, 1.165) is 19.3 Å². The molecule has 0 aromatic carbocycles. The molecule has 94 valence electrons. The monoisotopic (exact) mass is 226 g/mol. The zero-order valence-electron chi connectivity index (χ0n) is 11.6. The normalized spacial score (nSPS) is 13.1. The molecule has 2 heteroatoms. The highest BCUT2D eigenvalue weighted by Crippen LogP contribution is 2.35. The molecule has 16 heavy (non-hydrogen) atoms. The molecular weight excluding hydrogens is 200 g/mol. The summed E-state index contributed by atoms with van der Waals surface area (Å²) < 4.78 is 4.82. The van der Waals surface area contributed by atoms with Crippen molar-refractivity contribution in [3.63, 3.8) is 0 Å². The number of rotatable bonds is 6. The van der Waals surface area contributed by atoms with Gasteiger partial charge in [-0.3, -0.25) is 4.79 Å². The van der Waals surface area contributed by atoms with Gasteiger partial charge in [-0.1, -0.05) is 39.3 Å². The lowest BCUT2D eigenvalue weighted by Crippen LogP contribution is -2.30. The lowest BCUT2D eigenvalue weighted by atomic mass is 9.75. The third kappa shape index (κ3) is 5.34. The number of methoxy groups -OCH3 is 1. The molecular formula is C14H26O2. The summed E-state index contributed by atoms with van der Waals surface area (Å²) in [6.45, 7) is 10.4. The average Bonchev–Trinajstić information content (AvgIpc) is 2.15. The van der Waals surface area contributed by atoms with Crippen LogP contribution < -0.4 is 0 Å². The molecule has 0 atom stereocenters. The van der Waals surface area contributed by atoms with Gasteiger partial charge in [0.1, 0.15) is 0 Å². The van der Waals surface area contributed by atoms with Crippen molar-refractivity contribution in [1.29, 1.82) is 0 Å². The Balaban J connectivity index is 4.50. The molecule has 0 N–H and O–H groups in total. The van der Waals surface area contributed by atoms with Crippen LogP contribution in [0.4, 0.5) is 0 Å². The third-order valence-electron chi connectivity index (χ3n) is 2.66. The molecule has 0 saturated heterocycles. The summed E-state index contributed by atoms with van der Waals surface area (Å²) in [4.78, 5) is 11.6. The van der Waals surface area contributed by atoms with Crippen LogP contribution in [0.3, 0.4) is 0 Å². The number of ether oxygens (including phenoxy) is 1. The second-order valence-corrected chi connectivity index (χ2v) is 5.73. The summed E-state index contributed by atoms with van der Waals surface area (Å²) in [7, 11) is 1.45. The Kier molecular flexibility index (Phi) is 5.77. The molecule has 0 amide bonds. The first-order valence-electron chi connectivity index (χ1n) is 6.01. The molecule has 0 aromatic rings. The first-order chi connectivity index (χ1) is 7.25. The van der Waals surface area contributed by atoms with Crippen molar-refractivity contribution in [3.05, 3.63) is 12.2 Å². The third-order valence-corrected chi connectivity index (χ3v) is 2.66. The largest absolute Gasteiger partial charge is 0.469 e. The van der Waals surface area contributed by atoms with E-state index in [9.17, 15) is 4.79 Å². The van der Waals surface area contributed by atoms with E-state index in [4.69, 9.17) is 4.74 Å². The van der Waals surface area contributed by atoms with Crippen LogP contribution in [0.5, 0.6) is 0 Å². The molecule has 0 aromatic heterocycles. The Morgan fingerprint density at radius 2 is 1.81 bits per heavy atom. The first kappa shape index (κ1) is 15.2. The maximum Gasteiger partial charge on any atom is 0.311 e. The Bertz CT molecular complexity index is 249. The van der Waals surface area contributed by atoms with Gasteiger partial charge in [-0.25, -0.2) is 0 Å². The Morgan fingerprint density at radius 1 is 1.25 bits per heavy atom. The SMILES string of the molecule is CCC/C=C/C(C)(C)CC(C)(C)C(=O)OC. The Morgan fingerprint density at radius 3 is 2.25 bits per heavy atom. The molecule has 0 saturated carbocycles. The van der Waals surface area contributed by atoms with Crippen LogP contribution in [-0.4, -0.2) is 13.1 Å². The van der Waals surface area contributed by atoms with E-state index in [1.54, 1.807) is 0 Å². The molecule has 0 unspecified atom stereocenters. The van der Waals surface area contributed by atoms with E-state index in [-0.39, 0.29) is 11.4 Å². The molecule has 0 aliphatic carbocycles. The van der Waals surface area contributed by atoms with E-state index in [1.807, 2.05) is 13.8 Å². The van der Waals surface area contributed by atoms with Crippen LogP contribution >= 0.6 is 0 Å². The Hall–Kier alpha value is -0.790. The number of allylic oxidation sites excluding steroid dienone is 2. The summed E-state index contributed by atoms with van der Waals surface area (Å²) in [6.07, 6.45) is 7.47. The van der Waals surface area contributed by atoms with Gasteiger partial charge >= 0.3 is 5.97 Å². The fourth-order valence-electron chi connectivity index (χ4n) is 2.12. The van der Waals surface area contributed by atoms with Crippen molar-refractivity contribution in [2.75, 3.05) is 7.11 Å². The van der Waals surface area contributed by atoms with Crippen LogP contribution in [0, 0.1) is 10.8 Å². The number of hydrogen-bond donors (Lipinski definition) is 0. The summed E-state index contributed by atoms with van der Waals surface area (Å²) in [5.74, 6) is -0.135. The fraction of sp³-hybridized carbons (Fsp3) is 0.786. The van der Waals surface area contributed by atoms with Gasteiger partial charge in [0.15, 0.2) is 0 Å². The minimum atomic E-state index is -0.422. The van der Waals surface area contributed by atoms with Crippen LogP contribution in [0.25, 0.3) is 0 Å². The number of carbonyl (C=O) groups is 1. The number of carbonyl (C=O) groups excluding carboxylic acids is 1.